The zero-order valence-electron chi connectivity index (χ0n) is 11.6. The van der Waals surface area contributed by atoms with Gasteiger partial charge in [0.25, 0.3) is 0 Å². The predicted octanol–water partition coefficient (Wildman–Crippen LogP) is 2.67. The fourth-order valence-corrected chi connectivity index (χ4v) is 4.15. The third kappa shape index (κ3) is 2.32. The molecule has 3 N–H and O–H groups in total. The molecule has 0 amide bonds. The van der Waals surface area contributed by atoms with Crippen LogP contribution in [0, 0.1) is 11.3 Å². The lowest BCUT2D eigenvalue weighted by Gasteiger charge is -2.39. The first-order chi connectivity index (χ1) is 9.25. The van der Waals surface area contributed by atoms with Gasteiger partial charge in [-0.15, -0.1) is 0 Å². The van der Waals surface area contributed by atoms with Crippen LogP contribution in [0.25, 0.3) is 0 Å². The van der Waals surface area contributed by atoms with Crippen molar-refractivity contribution < 1.29 is 5.11 Å². The van der Waals surface area contributed by atoms with Gasteiger partial charge in [-0.25, -0.2) is 0 Å². The first kappa shape index (κ1) is 13.1. The van der Waals surface area contributed by atoms with Crippen LogP contribution in [0.15, 0.2) is 24.3 Å². The van der Waals surface area contributed by atoms with Crippen molar-refractivity contribution in [1.82, 2.24) is 0 Å². The van der Waals surface area contributed by atoms with Crippen LogP contribution in [0.1, 0.15) is 43.2 Å². The van der Waals surface area contributed by atoms with E-state index in [2.05, 4.69) is 24.3 Å². The average Bonchev–Trinajstić information content (AvgIpc) is 2.87. The minimum absolute atomic E-state index is 0.105. The van der Waals surface area contributed by atoms with Gasteiger partial charge in [-0.2, -0.15) is 0 Å². The fourth-order valence-electron chi connectivity index (χ4n) is 4.15. The minimum Gasteiger partial charge on any atom is -0.392 e. The van der Waals surface area contributed by atoms with Gasteiger partial charge in [0.2, 0.25) is 0 Å². The summed E-state index contributed by atoms with van der Waals surface area (Å²) in [7, 11) is 0. The number of hydrogen-bond donors (Lipinski definition) is 2. The fraction of sp³-hybridized carbons (Fsp3) is 0.647. The van der Waals surface area contributed by atoms with E-state index in [0.29, 0.717) is 12.5 Å². The molecule has 2 nitrogen and oxygen atoms in total. The van der Waals surface area contributed by atoms with E-state index >= 15 is 0 Å². The molecule has 0 heterocycles. The largest absolute Gasteiger partial charge is 0.392 e. The molecule has 1 fully saturated rings. The Morgan fingerprint density at radius 3 is 2.21 bits per heavy atom. The molecule has 0 bridgehead atoms. The van der Waals surface area contributed by atoms with Gasteiger partial charge in [0, 0.05) is 12.0 Å². The van der Waals surface area contributed by atoms with Gasteiger partial charge >= 0.3 is 0 Å². The minimum atomic E-state index is -0.231. The molecule has 0 saturated heterocycles. The smallest absolute Gasteiger partial charge is 0.0643 e. The number of rotatable bonds is 3. The second kappa shape index (κ2) is 5.26. The Morgan fingerprint density at radius 1 is 1.11 bits per heavy atom. The van der Waals surface area contributed by atoms with Gasteiger partial charge in [-0.1, -0.05) is 43.5 Å². The summed E-state index contributed by atoms with van der Waals surface area (Å²) in [6.45, 7) is 0.597. The summed E-state index contributed by atoms with van der Waals surface area (Å²) >= 11 is 0. The lowest BCUT2D eigenvalue weighted by molar-refractivity contribution is -0.0215. The maximum atomic E-state index is 10.9. The summed E-state index contributed by atoms with van der Waals surface area (Å²) in [5.41, 5.74) is 8.77. The summed E-state index contributed by atoms with van der Waals surface area (Å²) in [4.78, 5) is 0. The molecule has 1 aromatic rings. The summed E-state index contributed by atoms with van der Waals surface area (Å²) in [6.07, 6.45) is 7.92. The van der Waals surface area contributed by atoms with Crippen molar-refractivity contribution in [3.05, 3.63) is 35.4 Å². The van der Waals surface area contributed by atoms with E-state index < -0.39 is 0 Å². The molecule has 0 aromatic heterocycles. The molecule has 2 aliphatic rings. The first-order valence-corrected chi connectivity index (χ1v) is 7.70. The maximum absolute atomic E-state index is 10.9. The van der Waals surface area contributed by atoms with E-state index in [1.165, 1.54) is 43.2 Å². The molecule has 3 rings (SSSR count). The van der Waals surface area contributed by atoms with E-state index in [0.717, 1.165) is 12.8 Å². The Bertz CT molecular complexity index is 412. The molecule has 2 aliphatic carbocycles. The van der Waals surface area contributed by atoms with Crippen molar-refractivity contribution in [3.8, 4) is 0 Å². The van der Waals surface area contributed by atoms with E-state index in [4.69, 9.17) is 5.73 Å². The van der Waals surface area contributed by atoms with Gasteiger partial charge in [-0.05, 0) is 42.7 Å². The highest BCUT2D eigenvalue weighted by atomic mass is 16.3. The molecule has 0 aliphatic heterocycles. The lowest BCUT2D eigenvalue weighted by atomic mass is 9.70. The van der Waals surface area contributed by atoms with Crippen molar-refractivity contribution in [2.45, 2.75) is 51.0 Å². The average molecular weight is 259 g/mol. The van der Waals surface area contributed by atoms with Crippen LogP contribution in [-0.2, 0) is 12.8 Å². The highest BCUT2D eigenvalue weighted by Crippen LogP contribution is 2.44. The van der Waals surface area contributed by atoms with Crippen molar-refractivity contribution in [1.29, 1.82) is 0 Å². The second-order valence-electron chi connectivity index (χ2n) is 6.53. The molecule has 1 unspecified atom stereocenters. The molecule has 2 heteroatoms. The zero-order valence-corrected chi connectivity index (χ0v) is 11.6. The van der Waals surface area contributed by atoms with Gasteiger partial charge in [-0.3, -0.25) is 0 Å². The quantitative estimate of drug-likeness (QED) is 0.876. The Hall–Kier alpha value is -0.860. The van der Waals surface area contributed by atoms with E-state index in [-0.39, 0.29) is 11.5 Å². The van der Waals surface area contributed by atoms with Crippen LogP contribution in [0.2, 0.25) is 0 Å². The Balaban J connectivity index is 1.81. The maximum Gasteiger partial charge on any atom is 0.0643 e. The SMILES string of the molecule is NCC1(C(O)C2CCCCC2)Cc2ccccc2C1. The third-order valence-electron chi connectivity index (χ3n) is 5.33. The Morgan fingerprint density at radius 2 is 1.68 bits per heavy atom. The van der Waals surface area contributed by atoms with Crippen molar-refractivity contribution in [2.24, 2.45) is 17.1 Å². The summed E-state index contributed by atoms with van der Waals surface area (Å²) < 4.78 is 0. The van der Waals surface area contributed by atoms with Gasteiger partial charge in [0.15, 0.2) is 0 Å². The highest BCUT2D eigenvalue weighted by molar-refractivity contribution is 5.35. The normalized spacial score (nSPS) is 24.1. The number of aliphatic hydroxyl groups is 1. The number of nitrogens with two attached hydrogens (primary N) is 1. The molecule has 1 aromatic carbocycles. The van der Waals surface area contributed by atoms with Crippen LogP contribution in [0.4, 0.5) is 0 Å². The van der Waals surface area contributed by atoms with Gasteiger partial charge in [0.05, 0.1) is 6.10 Å². The lowest BCUT2D eigenvalue weighted by Crippen LogP contribution is -2.47. The van der Waals surface area contributed by atoms with Crippen molar-refractivity contribution in [3.63, 3.8) is 0 Å². The topological polar surface area (TPSA) is 46.2 Å². The standard InChI is InChI=1S/C17H25NO/c18-12-17(16(19)13-6-2-1-3-7-13)10-14-8-4-5-9-15(14)11-17/h4-5,8-9,13,16,19H,1-3,6-7,10-12,18H2. The number of aliphatic hydroxyl groups excluding tert-OH is 1. The van der Waals surface area contributed by atoms with Crippen LogP contribution in [-0.4, -0.2) is 17.8 Å². The molecular weight excluding hydrogens is 234 g/mol. The van der Waals surface area contributed by atoms with E-state index in [1.807, 2.05) is 0 Å². The van der Waals surface area contributed by atoms with E-state index in [9.17, 15) is 5.11 Å². The van der Waals surface area contributed by atoms with Crippen molar-refractivity contribution >= 4 is 0 Å². The van der Waals surface area contributed by atoms with Crippen molar-refractivity contribution in [2.75, 3.05) is 6.54 Å². The van der Waals surface area contributed by atoms with Gasteiger partial charge < -0.3 is 10.8 Å². The molecule has 19 heavy (non-hydrogen) atoms. The molecule has 104 valence electrons. The summed E-state index contributed by atoms with van der Waals surface area (Å²) in [5.74, 6) is 0.464. The van der Waals surface area contributed by atoms with Crippen LogP contribution in [0.3, 0.4) is 0 Å². The summed E-state index contributed by atoms with van der Waals surface area (Å²) in [5, 5.41) is 10.9. The van der Waals surface area contributed by atoms with Crippen LogP contribution < -0.4 is 5.73 Å². The Labute approximate surface area is 116 Å². The molecule has 1 atom stereocenters. The zero-order chi connectivity index (χ0) is 13.3. The summed E-state index contributed by atoms with van der Waals surface area (Å²) in [6, 6.07) is 8.58. The number of fused-ring (bicyclic) bond motifs is 1. The predicted molar refractivity (Wildman–Crippen MR) is 77.9 cm³/mol. The second-order valence-corrected chi connectivity index (χ2v) is 6.53. The Kier molecular flexibility index (Phi) is 3.64. The van der Waals surface area contributed by atoms with Gasteiger partial charge in [0.1, 0.15) is 0 Å². The monoisotopic (exact) mass is 259 g/mol. The first-order valence-electron chi connectivity index (χ1n) is 7.70. The molecule has 0 spiro atoms. The van der Waals surface area contributed by atoms with E-state index in [1.54, 1.807) is 0 Å². The highest BCUT2D eigenvalue weighted by Gasteiger charge is 2.45. The number of benzene rings is 1. The van der Waals surface area contributed by atoms with Crippen LogP contribution in [0.5, 0.6) is 0 Å². The van der Waals surface area contributed by atoms with Crippen LogP contribution >= 0.6 is 0 Å². The third-order valence-corrected chi connectivity index (χ3v) is 5.33. The molecular formula is C17H25NO. The molecule has 1 saturated carbocycles. The molecule has 0 radical (unpaired) electrons. The number of hydrogen-bond acceptors (Lipinski definition) is 2.